The van der Waals surface area contributed by atoms with Gasteiger partial charge in [-0.2, -0.15) is 0 Å². The summed E-state index contributed by atoms with van der Waals surface area (Å²) in [5.74, 6) is 0. The minimum atomic E-state index is 0.612. The monoisotopic (exact) mass is 219 g/mol. The smallest absolute Gasteiger partial charge is 0.0573 e. The van der Waals surface area contributed by atoms with E-state index in [-0.39, 0.29) is 0 Å². The van der Waals surface area contributed by atoms with Crippen LogP contribution in [0.5, 0.6) is 0 Å². The van der Waals surface area contributed by atoms with Crippen LogP contribution in [0.1, 0.15) is 31.0 Å². The maximum atomic E-state index is 4.45. The van der Waals surface area contributed by atoms with Crippen LogP contribution in [0, 0.1) is 0 Å². The molecular weight excluding hydrogens is 198 g/mol. The topological polar surface area (TPSA) is 37.0 Å². The summed E-state index contributed by atoms with van der Waals surface area (Å²) in [6.07, 6.45) is 5.50. The molecule has 2 heterocycles. The van der Waals surface area contributed by atoms with E-state index >= 15 is 0 Å². The van der Waals surface area contributed by atoms with Gasteiger partial charge in [-0.05, 0) is 37.4 Å². The summed E-state index contributed by atoms with van der Waals surface area (Å²) in [7, 11) is 0. The van der Waals surface area contributed by atoms with Gasteiger partial charge in [0, 0.05) is 25.3 Å². The molecule has 0 aliphatic carbocycles. The van der Waals surface area contributed by atoms with Gasteiger partial charge in [-0.15, -0.1) is 0 Å². The number of nitrogens with one attached hydrogen (secondary N) is 2. The first-order chi connectivity index (χ1) is 7.90. The summed E-state index contributed by atoms with van der Waals surface area (Å²) in [6, 6.07) is 4.80. The Morgan fingerprint density at radius 3 is 3.25 bits per heavy atom. The van der Waals surface area contributed by atoms with Crippen molar-refractivity contribution in [2.24, 2.45) is 0 Å². The van der Waals surface area contributed by atoms with E-state index in [2.05, 4.69) is 28.6 Å². The van der Waals surface area contributed by atoms with Crippen LogP contribution in [0.25, 0.3) is 0 Å². The minimum absolute atomic E-state index is 0.612. The Morgan fingerprint density at radius 1 is 1.56 bits per heavy atom. The third kappa shape index (κ3) is 3.03. The lowest BCUT2D eigenvalue weighted by atomic mass is 10.1. The third-order valence-corrected chi connectivity index (χ3v) is 3.22. The number of rotatable bonds is 4. The van der Waals surface area contributed by atoms with Crippen molar-refractivity contribution < 1.29 is 0 Å². The molecule has 2 N–H and O–H groups in total. The molecule has 16 heavy (non-hydrogen) atoms. The second-order valence-electron chi connectivity index (χ2n) is 4.39. The van der Waals surface area contributed by atoms with E-state index < -0.39 is 0 Å². The molecule has 0 aromatic carbocycles. The minimum Gasteiger partial charge on any atom is -0.315 e. The number of hydrogen-bond acceptors (Lipinski definition) is 3. The molecule has 88 valence electrons. The number of aromatic nitrogens is 1. The Bertz CT molecular complexity index is 319. The molecule has 3 nitrogen and oxygen atoms in total. The highest BCUT2D eigenvalue weighted by Crippen LogP contribution is 2.07. The van der Waals surface area contributed by atoms with Crippen LogP contribution in [-0.4, -0.2) is 24.1 Å². The standard InChI is InChI=1S/C13H21N3/c1-2-11-5-3-8-15-13(11)10-16-12-6-4-7-14-9-12/h3,5,8,12,14,16H,2,4,6-7,9-10H2,1H3. The van der Waals surface area contributed by atoms with E-state index in [1.165, 1.54) is 30.6 Å². The first-order valence-electron chi connectivity index (χ1n) is 6.27. The lowest BCUT2D eigenvalue weighted by Crippen LogP contribution is -2.42. The molecule has 1 aliphatic heterocycles. The summed E-state index contributed by atoms with van der Waals surface area (Å²) in [5, 5.41) is 7.00. The summed E-state index contributed by atoms with van der Waals surface area (Å²) in [5.41, 5.74) is 2.56. The molecule has 1 aliphatic rings. The fourth-order valence-electron chi connectivity index (χ4n) is 2.22. The Labute approximate surface area is 97.7 Å². The van der Waals surface area contributed by atoms with Gasteiger partial charge in [-0.3, -0.25) is 4.98 Å². The molecule has 0 spiro atoms. The molecule has 1 atom stereocenters. The zero-order valence-corrected chi connectivity index (χ0v) is 10.00. The second kappa shape index (κ2) is 5.97. The Hall–Kier alpha value is -0.930. The number of pyridine rings is 1. The van der Waals surface area contributed by atoms with Crippen molar-refractivity contribution in [1.82, 2.24) is 15.6 Å². The normalized spacial score (nSPS) is 20.9. The lowest BCUT2D eigenvalue weighted by molar-refractivity contribution is 0.387. The molecule has 1 unspecified atom stereocenters. The predicted molar refractivity (Wildman–Crippen MR) is 66.3 cm³/mol. The van der Waals surface area contributed by atoms with Gasteiger partial charge in [0.15, 0.2) is 0 Å². The maximum absolute atomic E-state index is 4.45. The van der Waals surface area contributed by atoms with Gasteiger partial charge in [-0.25, -0.2) is 0 Å². The zero-order chi connectivity index (χ0) is 11.2. The van der Waals surface area contributed by atoms with E-state index in [1.54, 1.807) is 0 Å². The Morgan fingerprint density at radius 2 is 2.50 bits per heavy atom. The Balaban J connectivity index is 1.88. The SMILES string of the molecule is CCc1cccnc1CNC1CCCNC1. The van der Waals surface area contributed by atoms with Gasteiger partial charge in [0.1, 0.15) is 0 Å². The quantitative estimate of drug-likeness (QED) is 0.805. The van der Waals surface area contributed by atoms with E-state index in [1.807, 2.05) is 12.3 Å². The Kier molecular flexibility index (Phi) is 4.31. The number of aryl methyl sites for hydroxylation is 1. The molecule has 2 rings (SSSR count). The van der Waals surface area contributed by atoms with Gasteiger partial charge in [0.05, 0.1) is 5.69 Å². The molecule has 0 amide bonds. The molecule has 1 saturated heterocycles. The lowest BCUT2D eigenvalue weighted by Gasteiger charge is -2.24. The van der Waals surface area contributed by atoms with Crippen LogP contribution < -0.4 is 10.6 Å². The first kappa shape index (κ1) is 11.6. The van der Waals surface area contributed by atoms with Crippen molar-refractivity contribution in [3.63, 3.8) is 0 Å². The van der Waals surface area contributed by atoms with Crippen molar-refractivity contribution in [2.45, 2.75) is 38.8 Å². The average Bonchev–Trinajstić information content (AvgIpc) is 2.38. The second-order valence-corrected chi connectivity index (χ2v) is 4.39. The highest BCUT2D eigenvalue weighted by Gasteiger charge is 2.12. The molecule has 3 heteroatoms. The fourth-order valence-corrected chi connectivity index (χ4v) is 2.22. The average molecular weight is 219 g/mol. The molecule has 1 aromatic heterocycles. The molecule has 1 fully saturated rings. The van der Waals surface area contributed by atoms with Crippen LogP contribution in [-0.2, 0) is 13.0 Å². The molecule has 0 bridgehead atoms. The van der Waals surface area contributed by atoms with Gasteiger partial charge < -0.3 is 10.6 Å². The molecule has 1 aromatic rings. The largest absolute Gasteiger partial charge is 0.315 e. The van der Waals surface area contributed by atoms with Crippen LogP contribution in [0.15, 0.2) is 18.3 Å². The van der Waals surface area contributed by atoms with Crippen molar-refractivity contribution in [2.75, 3.05) is 13.1 Å². The van der Waals surface area contributed by atoms with Gasteiger partial charge in [0.2, 0.25) is 0 Å². The first-order valence-corrected chi connectivity index (χ1v) is 6.27. The van der Waals surface area contributed by atoms with Crippen LogP contribution >= 0.6 is 0 Å². The van der Waals surface area contributed by atoms with Crippen LogP contribution in [0.4, 0.5) is 0 Å². The summed E-state index contributed by atoms with van der Waals surface area (Å²) >= 11 is 0. The highest BCUT2D eigenvalue weighted by molar-refractivity contribution is 5.19. The maximum Gasteiger partial charge on any atom is 0.0573 e. The van der Waals surface area contributed by atoms with Crippen molar-refractivity contribution in [3.05, 3.63) is 29.6 Å². The third-order valence-electron chi connectivity index (χ3n) is 3.22. The predicted octanol–water partition coefficient (Wildman–Crippen LogP) is 1.49. The van der Waals surface area contributed by atoms with Gasteiger partial charge in [-0.1, -0.05) is 13.0 Å². The summed E-state index contributed by atoms with van der Waals surface area (Å²) in [6.45, 7) is 5.34. The highest BCUT2D eigenvalue weighted by atomic mass is 15.0. The molecular formula is C13H21N3. The zero-order valence-electron chi connectivity index (χ0n) is 10.00. The fraction of sp³-hybridized carbons (Fsp3) is 0.615. The van der Waals surface area contributed by atoms with E-state index in [0.29, 0.717) is 6.04 Å². The molecule has 0 radical (unpaired) electrons. The van der Waals surface area contributed by atoms with Crippen LogP contribution in [0.2, 0.25) is 0 Å². The van der Waals surface area contributed by atoms with E-state index in [0.717, 1.165) is 19.5 Å². The number of piperidine rings is 1. The van der Waals surface area contributed by atoms with Gasteiger partial charge >= 0.3 is 0 Å². The van der Waals surface area contributed by atoms with Crippen molar-refractivity contribution in [1.29, 1.82) is 0 Å². The molecule has 0 saturated carbocycles. The summed E-state index contributed by atoms with van der Waals surface area (Å²) in [4.78, 5) is 4.45. The van der Waals surface area contributed by atoms with Crippen molar-refractivity contribution in [3.8, 4) is 0 Å². The van der Waals surface area contributed by atoms with E-state index in [4.69, 9.17) is 0 Å². The summed E-state index contributed by atoms with van der Waals surface area (Å²) < 4.78 is 0. The number of nitrogens with zero attached hydrogens (tertiary/aromatic N) is 1. The van der Waals surface area contributed by atoms with Gasteiger partial charge in [0.25, 0.3) is 0 Å². The van der Waals surface area contributed by atoms with Crippen LogP contribution in [0.3, 0.4) is 0 Å². The van der Waals surface area contributed by atoms with Crippen molar-refractivity contribution >= 4 is 0 Å². The van der Waals surface area contributed by atoms with E-state index in [9.17, 15) is 0 Å². The number of hydrogen-bond donors (Lipinski definition) is 2.